The number of aliphatic hydroxyl groups excluding tert-OH is 1. The molecule has 1 atom stereocenters. The van der Waals surface area contributed by atoms with Gasteiger partial charge in [0.05, 0.1) is 5.92 Å². The van der Waals surface area contributed by atoms with E-state index in [0.717, 1.165) is 45.0 Å². The summed E-state index contributed by atoms with van der Waals surface area (Å²) in [7, 11) is 0. The van der Waals surface area contributed by atoms with Gasteiger partial charge in [-0.1, -0.05) is 67.9 Å². The van der Waals surface area contributed by atoms with Gasteiger partial charge in [0.15, 0.2) is 5.76 Å². The number of rotatable bonds is 5. The lowest BCUT2D eigenvalue weighted by Crippen LogP contribution is -2.11. The lowest BCUT2D eigenvalue weighted by molar-refractivity contribution is 0.235. The lowest BCUT2D eigenvalue weighted by atomic mass is 9.85. The number of benzene rings is 1. The highest BCUT2D eigenvalue weighted by atomic mass is 16.4. The maximum atomic E-state index is 12.5. The Bertz CT molecular complexity index is 1330. The van der Waals surface area contributed by atoms with Crippen LogP contribution in [0.4, 0.5) is 0 Å². The normalized spacial score (nSPS) is 12.5. The van der Waals surface area contributed by atoms with Crippen molar-refractivity contribution in [1.29, 1.82) is 0 Å². The van der Waals surface area contributed by atoms with Crippen molar-refractivity contribution in [3.05, 3.63) is 110 Å². The fourth-order valence-corrected chi connectivity index (χ4v) is 4.53. The molecule has 4 rings (SSSR count). The van der Waals surface area contributed by atoms with Gasteiger partial charge < -0.3 is 14.6 Å². The van der Waals surface area contributed by atoms with Gasteiger partial charge in [-0.05, 0) is 65.6 Å². The van der Waals surface area contributed by atoms with Gasteiger partial charge in [0.25, 0.3) is 0 Å². The van der Waals surface area contributed by atoms with Gasteiger partial charge in [-0.15, -0.1) is 0 Å². The summed E-state index contributed by atoms with van der Waals surface area (Å²) in [4.78, 5) is 12.5. The van der Waals surface area contributed by atoms with Crippen molar-refractivity contribution >= 4 is 0 Å². The van der Waals surface area contributed by atoms with Gasteiger partial charge in [0, 0.05) is 6.07 Å². The number of hydrogen-bond donors (Lipinski definition) is 2. The first-order valence-electron chi connectivity index (χ1n) is 11.3. The van der Waals surface area contributed by atoms with E-state index in [1.807, 2.05) is 31.2 Å². The van der Waals surface area contributed by atoms with Crippen LogP contribution in [-0.2, 0) is 6.61 Å². The summed E-state index contributed by atoms with van der Waals surface area (Å²) in [5.74, 6) is -0.275. The van der Waals surface area contributed by atoms with E-state index in [1.165, 1.54) is 5.56 Å². The molecule has 0 fully saturated rings. The van der Waals surface area contributed by atoms with Crippen LogP contribution < -0.4 is 5.43 Å². The number of aromatic hydroxyl groups is 1. The van der Waals surface area contributed by atoms with Crippen LogP contribution in [0, 0.1) is 20.8 Å². The summed E-state index contributed by atoms with van der Waals surface area (Å²) in [5, 5.41) is 20.4. The van der Waals surface area contributed by atoms with E-state index in [9.17, 15) is 15.0 Å². The number of aliphatic hydroxyl groups is 1. The molecule has 1 aromatic carbocycles. The molecule has 1 unspecified atom stereocenters. The first-order valence-corrected chi connectivity index (χ1v) is 11.3. The fraction of sp³-hybridized carbons (Fsp3) is 0.276. The largest absolute Gasteiger partial charge is 0.502 e. The summed E-state index contributed by atoms with van der Waals surface area (Å²) < 4.78 is 5.92. The van der Waals surface area contributed by atoms with Crippen molar-refractivity contribution in [2.45, 2.75) is 53.1 Å². The van der Waals surface area contributed by atoms with Crippen molar-refractivity contribution in [1.82, 2.24) is 0 Å². The Hall–Kier alpha value is -3.37. The Kier molecular flexibility index (Phi) is 6.13. The summed E-state index contributed by atoms with van der Waals surface area (Å²) in [6.45, 7) is 10.1. The van der Waals surface area contributed by atoms with Crippen LogP contribution in [0.25, 0.3) is 11.1 Å². The molecule has 2 aliphatic carbocycles. The highest BCUT2D eigenvalue weighted by molar-refractivity contribution is 5.80. The van der Waals surface area contributed by atoms with Gasteiger partial charge in [0.1, 0.15) is 12.4 Å². The molecule has 0 saturated heterocycles. The predicted molar refractivity (Wildman–Crippen MR) is 131 cm³/mol. The minimum absolute atomic E-state index is 0.127. The second-order valence-electron chi connectivity index (χ2n) is 9.18. The minimum Gasteiger partial charge on any atom is -0.502 e. The van der Waals surface area contributed by atoms with Gasteiger partial charge in [0.2, 0.25) is 11.2 Å². The molecule has 0 amide bonds. The zero-order valence-electron chi connectivity index (χ0n) is 19.8. The van der Waals surface area contributed by atoms with Crippen molar-refractivity contribution in [3.63, 3.8) is 0 Å². The summed E-state index contributed by atoms with van der Waals surface area (Å²) in [6, 6.07) is 17.8. The topological polar surface area (TPSA) is 70.7 Å². The second kappa shape index (κ2) is 8.87. The van der Waals surface area contributed by atoms with Gasteiger partial charge >= 0.3 is 0 Å². The van der Waals surface area contributed by atoms with E-state index in [1.54, 1.807) is 0 Å². The molecule has 1 heterocycles. The van der Waals surface area contributed by atoms with E-state index >= 15 is 0 Å². The van der Waals surface area contributed by atoms with Crippen LogP contribution in [-0.4, -0.2) is 10.2 Å². The molecule has 33 heavy (non-hydrogen) atoms. The van der Waals surface area contributed by atoms with E-state index in [4.69, 9.17) is 4.42 Å². The average Bonchev–Trinajstić information content (AvgIpc) is 2.98. The molecule has 0 saturated carbocycles. The molecule has 0 radical (unpaired) electrons. The van der Waals surface area contributed by atoms with Crippen LogP contribution in [0.3, 0.4) is 0 Å². The second-order valence-corrected chi connectivity index (χ2v) is 9.18. The average molecular weight is 443 g/mol. The van der Waals surface area contributed by atoms with Crippen LogP contribution >= 0.6 is 0 Å². The molecule has 4 heteroatoms. The number of aryl methyl sites for hydroxylation is 3. The molecule has 0 aliphatic heterocycles. The standard InChI is InChI=1S/C29H30O4/c1-16(2)21-11-8-18(4)26-23(13-21)19(5)12-24(26)27(20-9-6-17(3)7-10-20)29-28(32)25(31)14-22(15-30)33-29/h6-14,16,27,30,32H,15H2,1-5H3. The van der Waals surface area contributed by atoms with Crippen molar-refractivity contribution in [3.8, 4) is 16.9 Å². The van der Waals surface area contributed by atoms with E-state index in [0.29, 0.717) is 5.92 Å². The lowest BCUT2D eigenvalue weighted by Gasteiger charge is -2.20. The number of hydrogen-bond acceptors (Lipinski definition) is 4. The third-order valence-electron chi connectivity index (χ3n) is 6.39. The van der Waals surface area contributed by atoms with Gasteiger partial charge in [-0.25, -0.2) is 0 Å². The highest BCUT2D eigenvalue weighted by Gasteiger charge is 2.30. The van der Waals surface area contributed by atoms with Gasteiger partial charge in [-0.2, -0.15) is 0 Å². The zero-order chi connectivity index (χ0) is 23.9. The van der Waals surface area contributed by atoms with Crippen molar-refractivity contribution in [2.75, 3.05) is 0 Å². The summed E-state index contributed by atoms with van der Waals surface area (Å²) >= 11 is 0. The first-order chi connectivity index (χ1) is 15.7. The summed E-state index contributed by atoms with van der Waals surface area (Å²) in [5.41, 5.74) is 8.12. The fourth-order valence-electron chi connectivity index (χ4n) is 4.53. The quantitative estimate of drug-likeness (QED) is 0.388. The number of fused-ring (bicyclic) bond motifs is 1. The van der Waals surface area contributed by atoms with E-state index in [-0.39, 0.29) is 11.5 Å². The minimum atomic E-state index is -0.561. The van der Waals surface area contributed by atoms with Crippen molar-refractivity contribution in [2.24, 2.45) is 0 Å². The third-order valence-corrected chi connectivity index (χ3v) is 6.39. The summed E-state index contributed by atoms with van der Waals surface area (Å²) in [6.07, 6.45) is 0. The van der Waals surface area contributed by atoms with Gasteiger partial charge in [-0.3, -0.25) is 4.79 Å². The Morgan fingerprint density at radius 1 is 0.879 bits per heavy atom. The smallest absolute Gasteiger partial charge is 0.227 e. The Labute approximate surface area is 194 Å². The molecule has 1 aromatic heterocycles. The monoisotopic (exact) mass is 442 g/mol. The van der Waals surface area contributed by atoms with Crippen LogP contribution in [0.1, 0.15) is 70.6 Å². The Balaban J connectivity index is 2.06. The molecule has 170 valence electrons. The van der Waals surface area contributed by atoms with Crippen LogP contribution in [0.5, 0.6) is 5.75 Å². The molecule has 4 nitrogen and oxygen atoms in total. The SMILES string of the molecule is Cc1ccc(C(c2cc(C)c3cc(C(C)C)ccc(C)c2-3)c2oc(CO)cc(=O)c2O)cc1. The molecule has 0 spiro atoms. The predicted octanol–water partition coefficient (Wildman–Crippen LogP) is 6.17. The van der Waals surface area contributed by atoms with Crippen molar-refractivity contribution < 1.29 is 14.6 Å². The van der Waals surface area contributed by atoms with E-state index < -0.39 is 23.7 Å². The molecular formula is C29H30O4. The highest BCUT2D eigenvalue weighted by Crippen LogP contribution is 2.45. The maximum Gasteiger partial charge on any atom is 0.227 e. The Morgan fingerprint density at radius 2 is 1.55 bits per heavy atom. The third kappa shape index (κ3) is 4.19. The van der Waals surface area contributed by atoms with E-state index in [2.05, 4.69) is 52.0 Å². The first kappa shape index (κ1) is 22.8. The molecular weight excluding hydrogens is 412 g/mol. The van der Waals surface area contributed by atoms with Crippen LogP contribution in [0.15, 0.2) is 63.8 Å². The maximum absolute atomic E-state index is 12.5. The molecule has 2 aromatic rings. The molecule has 0 bridgehead atoms. The Morgan fingerprint density at radius 3 is 2.18 bits per heavy atom. The van der Waals surface area contributed by atoms with Crippen LogP contribution in [0.2, 0.25) is 0 Å². The molecule has 2 aliphatic rings. The zero-order valence-corrected chi connectivity index (χ0v) is 19.8. The molecule has 2 N–H and O–H groups in total.